The number of methoxy groups -OCH3 is 1. The van der Waals surface area contributed by atoms with E-state index in [1.165, 1.54) is 32.2 Å². The molecule has 4 N–H and O–H groups in total. The third-order valence-corrected chi connectivity index (χ3v) is 8.73. The Kier molecular flexibility index (Phi) is 7.94. The molecule has 15 heteroatoms. The molecule has 236 valence electrons. The molecule has 1 unspecified atom stereocenters. The maximum Gasteiger partial charge on any atom is 0.471 e. The van der Waals surface area contributed by atoms with Crippen molar-refractivity contribution in [3.63, 3.8) is 0 Å². The minimum atomic E-state index is -5.16. The fraction of sp³-hybridized carbons (Fsp3) is 0.448. The summed E-state index contributed by atoms with van der Waals surface area (Å²) in [5, 5.41) is 34.8. The van der Waals surface area contributed by atoms with Gasteiger partial charge in [-0.3, -0.25) is 19.2 Å². The number of hydrogen-bond donors (Lipinski definition) is 4. The third kappa shape index (κ3) is 5.09. The highest BCUT2D eigenvalue weighted by molar-refractivity contribution is 6.31. The van der Waals surface area contributed by atoms with E-state index in [1.807, 2.05) is 0 Å². The predicted molar refractivity (Wildman–Crippen MR) is 144 cm³/mol. The summed E-state index contributed by atoms with van der Waals surface area (Å²) in [6.07, 6.45) is -10.3. The van der Waals surface area contributed by atoms with E-state index in [9.17, 15) is 47.7 Å². The molecular formula is C29H27ClF3NO10. The second-order valence-corrected chi connectivity index (χ2v) is 11.6. The zero-order chi connectivity index (χ0) is 32.5. The van der Waals surface area contributed by atoms with Crippen molar-refractivity contribution in [1.29, 1.82) is 0 Å². The summed E-state index contributed by atoms with van der Waals surface area (Å²) in [4.78, 5) is 51.3. The molecular weight excluding hydrogens is 615 g/mol. The number of phenols is 2. The van der Waals surface area contributed by atoms with E-state index in [0.717, 1.165) is 6.92 Å². The third-order valence-electron chi connectivity index (χ3n) is 8.28. The number of hydrogen-bond acceptors (Lipinski definition) is 10. The van der Waals surface area contributed by atoms with E-state index < -0.39 is 100 Å². The Bertz CT molecular complexity index is 1580. The number of ether oxygens (including phenoxy) is 3. The van der Waals surface area contributed by atoms with Crippen LogP contribution in [0.25, 0.3) is 0 Å². The topological polar surface area (TPSA) is 169 Å². The minimum Gasteiger partial charge on any atom is -0.507 e. The van der Waals surface area contributed by atoms with Gasteiger partial charge in [0.15, 0.2) is 17.9 Å². The van der Waals surface area contributed by atoms with Gasteiger partial charge >= 0.3 is 12.1 Å². The Labute approximate surface area is 252 Å². The van der Waals surface area contributed by atoms with Crippen LogP contribution in [0.5, 0.6) is 17.2 Å². The maximum absolute atomic E-state index is 13.7. The number of halogens is 4. The number of benzene rings is 2. The standard InChI is InChI=1S/C29H27ClF3NO10/c1-10-22(34-27(40)29(31,32)33)14(30)7-17(43-10)44-16-9-28(41,11(2)35)8-13-19(16)26(39)21-20(24(13)37)23(36)12-5-4-6-15(42-3)18(12)25(21)38/h4-6,10,14,16-17,22,37,39,41H,7-9H2,1-3H3,(H,34,40)/t10-,14-,16-,17?,22+,28-/m0/s1. The lowest BCUT2D eigenvalue weighted by molar-refractivity contribution is -0.228. The van der Waals surface area contributed by atoms with Crippen molar-refractivity contribution < 1.29 is 61.9 Å². The molecule has 1 aliphatic heterocycles. The molecule has 3 aliphatic rings. The summed E-state index contributed by atoms with van der Waals surface area (Å²) in [5.74, 6) is -6.00. The second-order valence-electron chi connectivity index (χ2n) is 11.0. The average Bonchev–Trinajstić information content (AvgIpc) is 2.94. The normalized spacial score (nSPS) is 28.0. The van der Waals surface area contributed by atoms with Crippen LogP contribution in [0.2, 0.25) is 0 Å². The summed E-state index contributed by atoms with van der Waals surface area (Å²) in [5.41, 5.74) is -3.85. The van der Waals surface area contributed by atoms with Crippen molar-refractivity contribution in [2.45, 2.75) is 74.8 Å². The van der Waals surface area contributed by atoms with Crippen LogP contribution in [-0.4, -0.2) is 81.3 Å². The van der Waals surface area contributed by atoms with E-state index >= 15 is 0 Å². The summed E-state index contributed by atoms with van der Waals surface area (Å²) < 4.78 is 55.4. The van der Waals surface area contributed by atoms with Crippen LogP contribution in [0.3, 0.4) is 0 Å². The van der Waals surface area contributed by atoms with Crippen LogP contribution in [0, 0.1) is 0 Å². The Morgan fingerprint density at radius 3 is 2.36 bits per heavy atom. The molecule has 2 aliphatic carbocycles. The zero-order valence-electron chi connectivity index (χ0n) is 23.5. The first kappa shape index (κ1) is 31.7. The van der Waals surface area contributed by atoms with Crippen LogP contribution >= 0.6 is 11.6 Å². The number of alkyl halides is 4. The first-order valence-corrected chi connectivity index (χ1v) is 13.9. The fourth-order valence-electron chi connectivity index (χ4n) is 6.02. The summed E-state index contributed by atoms with van der Waals surface area (Å²) in [6, 6.07) is 3.00. The smallest absolute Gasteiger partial charge is 0.471 e. The lowest BCUT2D eigenvalue weighted by Gasteiger charge is -2.42. The van der Waals surface area contributed by atoms with Crippen LogP contribution < -0.4 is 10.1 Å². The van der Waals surface area contributed by atoms with Gasteiger partial charge in [-0.2, -0.15) is 13.2 Å². The highest BCUT2D eigenvalue weighted by Crippen LogP contribution is 2.52. The van der Waals surface area contributed by atoms with Crippen molar-refractivity contribution in [3.05, 3.63) is 51.6 Å². The number of aliphatic hydroxyl groups is 1. The number of aromatic hydroxyl groups is 2. The molecule has 0 aromatic heterocycles. The number of nitrogens with one attached hydrogen (secondary N) is 1. The highest BCUT2D eigenvalue weighted by atomic mass is 35.5. The molecule has 0 saturated carbocycles. The number of ketones is 3. The molecule has 1 amide bonds. The van der Waals surface area contributed by atoms with Crippen molar-refractivity contribution >= 4 is 34.9 Å². The molecule has 44 heavy (non-hydrogen) atoms. The lowest BCUT2D eigenvalue weighted by atomic mass is 9.72. The molecule has 11 nitrogen and oxygen atoms in total. The Morgan fingerprint density at radius 2 is 1.77 bits per heavy atom. The molecule has 0 bridgehead atoms. The van der Waals surface area contributed by atoms with Gasteiger partial charge in [-0.05, 0) is 19.9 Å². The first-order chi connectivity index (χ1) is 20.5. The SMILES string of the molecule is COc1cccc2c1C(=O)c1c(O)c3c(c(O)c1C2=O)C[C@@](O)(C(C)=O)C[C@@H]3OC1C[C@H](Cl)[C@H](NC(=O)C(F)(F)F)[C@H](C)O1. The molecule has 5 rings (SSSR count). The van der Waals surface area contributed by atoms with Gasteiger partial charge in [0.2, 0.25) is 5.78 Å². The van der Waals surface area contributed by atoms with Gasteiger partial charge < -0.3 is 34.8 Å². The predicted octanol–water partition coefficient (Wildman–Crippen LogP) is 3.00. The number of carbonyl (C=O) groups is 4. The Morgan fingerprint density at radius 1 is 1.11 bits per heavy atom. The average molecular weight is 642 g/mol. The number of Topliss-reactive ketones (excluding diaryl/α,β-unsaturated/α-hetero) is 1. The number of amides is 1. The largest absolute Gasteiger partial charge is 0.507 e. The Hall–Kier alpha value is -3.72. The van der Waals surface area contributed by atoms with Crippen LogP contribution in [0.1, 0.15) is 75.8 Å². The van der Waals surface area contributed by atoms with Gasteiger partial charge in [0, 0.05) is 36.0 Å². The van der Waals surface area contributed by atoms with Crippen molar-refractivity contribution in [3.8, 4) is 17.2 Å². The maximum atomic E-state index is 13.7. The van der Waals surface area contributed by atoms with Crippen LogP contribution in [0.4, 0.5) is 13.2 Å². The first-order valence-electron chi connectivity index (χ1n) is 13.4. The van der Waals surface area contributed by atoms with Gasteiger partial charge in [-0.1, -0.05) is 12.1 Å². The van der Waals surface area contributed by atoms with Crippen molar-refractivity contribution in [1.82, 2.24) is 5.32 Å². The van der Waals surface area contributed by atoms with Crippen molar-refractivity contribution in [2.75, 3.05) is 7.11 Å². The molecule has 6 atom stereocenters. The number of fused-ring (bicyclic) bond motifs is 3. The fourth-order valence-corrected chi connectivity index (χ4v) is 6.43. The van der Waals surface area contributed by atoms with Crippen LogP contribution in [0.15, 0.2) is 18.2 Å². The lowest BCUT2D eigenvalue weighted by Crippen LogP contribution is -2.57. The molecule has 2 aromatic rings. The molecule has 0 radical (unpaired) electrons. The molecule has 1 heterocycles. The second kappa shape index (κ2) is 11.0. The number of rotatable bonds is 5. The van der Waals surface area contributed by atoms with Gasteiger partial charge in [0.25, 0.3) is 0 Å². The zero-order valence-corrected chi connectivity index (χ0v) is 24.2. The number of carbonyl (C=O) groups excluding carboxylic acids is 4. The minimum absolute atomic E-state index is 0.0479. The monoisotopic (exact) mass is 641 g/mol. The summed E-state index contributed by atoms with van der Waals surface area (Å²) in [6.45, 7) is 2.44. The van der Waals surface area contributed by atoms with Crippen LogP contribution in [-0.2, 0) is 25.5 Å². The van der Waals surface area contributed by atoms with E-state index in [2.05, 4.69) is 0 Å². The summed E-state index contributed by atoms with van der Waals surface area (Å²) >= 11 is 6.32. The highest BCUT2D eigenvalue weighted by Gasteiger charge is 2.50. The molecule has 2 aromatic carbocycles. The van der Waals surface area contributed by atoms with Gasteiger partial charge in [-0.25, -0.2) is 0 Å². The molecule has 0 spiro atoms. The van der Waals surface area contributed by atoms with E-state index in [1.54, 1.807) is 5.32 Å². The van der Waals surface area contributed by atoms with Gasteiger partial charge in [-0.15, -0.1) is 11.6 Å². The molecule has 1 saturated heterocycles. The quantitative estimate of drug-likeness (QED) is 0.240. The van der Waals surface area contributed by atoms with Crippen molar-refractivity contribution in [2.24, 2.45) is 0 Å². The summed E-state index contributed by atoms with van der Waals surface area (Å²) in [7, 11) is 1.29. The van der Waals surface area contributed by atoms with Gasteiger partial charge in [0.05, 0.1) is 47.4 Å². The van der Waals surface area contributed by atoms with E-state index in [0.29, 0.717) is 0 Å². The van der Waals surface area contributed by atoms with E-state index in [4.69, 9.17) is 25.8 Å². The Balaban J connectivity index is 1.56. The van der Waals surface area contributed by atoms with Gasteiger partial charge in [0.1, 0.15) is 22.8 Å². The number of phenolic OH excluding ortho intramolecular Hbond substituents is 2. The van der Waals surface area contributed by atoms with E-state index in [-0.39, 0.29) is 34.4 Å². The molecule has 1 fully saturated rings.